The maximum Gasteiger partial charge on any atom is 0.381 e. The molecular formula is C20H28N3O3PS. The van der Waals surface area contributed by atoms with Crippen LogP contribution in [0.15, 0.2) is 30.3 Å². The second kappa shape index (κ2) is 9.79. The van der Waals surface area contributed by atoms with Crippen LogP contribution in [0, 0.1) is 6.92 Å². The van der Waals surface area contributed by atoms with Gasteiger partial charge >= 0.3 is 6.72 Å². The van der Waals surface area contributed by atoms with Crippen molar-refractivity contribution < 1.29 is 13.6 Å². The minimum Gasteiger partial charge on any atom is -0.405 e. The third-order valence-electron chi connectivity index (χ3n) is 4.55. The Morgan fingerprint density at radius 3 is 2.29 bits per heavy atom. The molecule has 0 amide bonds. The molecule has 0 atom stereocenters. The summed E-state index contributed by atoms with van der Waals surface area (Å²) in [6.45, 7) is 5.62. The summed E-state index contributed by atoms with van der Waals surface area (Å²) in [5, 5.41) is 0. The van der Waals surface area contributed by atoms with E-state index in [0.717, 1.165) is 42.8 Å². The second-order valence-electron chi connectivity index (χ2n) is 6.62. The van der Waals surface area contributed by atoms with Crippen molar-refractivity contribution in [1.29, 1.82) is 0 Å². The van der Waals surface area contributed by atoms with Crippen LogP contribution in [-0.4, -0.2) is 36.3 Å². The Morgan fingerprint density at radius 2 is 1.68 bits per heavy atom. The van der Waals surface area contributed by atoms with Crippen LogP contribution in [0.5, 0.6) is 5.88 Å². The lowest BCUT2D eigenvalue weighted by Crippen LogP contribution is -2.22. The average Bonchev–Trinajstić information content (AvgIpc) is 3.20. The van der Waals surface area contributed by atoms with Gasteiger partial charge in [0.1, 0.15) is 0 Å². The standard InChI is InChI=1S/C20H28N3O3PS/c1-4-24-27(28,25-5-2)26-19-18(15-17-11-7-6-8-12-17)16(3)21-20(22-19)23-13-9-10-14-23/h6-8,11-12H,4-5,9-10,13-15H2,1-3H3. The van der Waals surface area contributed by atoms with Gasteiger partial charge in [0.2, 0.25) is 11.8 Å². The zero-order valence-electron chi connectivity index (χ0n) is 16.8. The monoisotopic (exact) mass is 421 g/mol. The van der Waals surface area contributed by atoms with Crippen molar-refractivity contribution in [2.75, 3.05) is 31.2 Å². The largest absolute Gasteiger partial charge is 0.405 e. The number of hydrogen-bond donors (Lipinski definition) is 0. The van der Waals surface area contributed by atoms with Gasteiger partial charge in [0.05, 0.1) is 18.9 Å². The highest BCUT2D eigenvalue weighted by Crippen LogP contribution is 2.50. The minimum absolute atomic E-state index is 0.425. The van der Waals surface area contributed by atoms with E-state index in [2.05, 4.69) is 17.0 Å². The Balaban J connectivity index is 2.00. The van der Waals surface area contributed by atoms with E-state index < -0.39 is 6.72 Å². The zero-order chi connectivity index (χ0) is 20.0. The van der Waals surface area contributed by atoms with E-state index in [1.807, 2.05) is 39.0 Å². The highest BCUT2D eigenvalue weighted by atomic mass is 32.5. The van der Waals surface area contributed by atoms with Gasteiger partial charge in [-0.25, -0.2) is 4.98 Å². The molecule has 0 bridgehead atoms. The average molecular weight is 422 g/mol. The van der Waals surface area contributed by atoms with Gasteiger partial charge in [0, 0.05) is 36.9 Å². The van der Waals surface area contributed by atoms with Crippen LogP contribution in [0.4, 0.5) is 5.95 Å². The maximum absolute atomic E-state index is 6.17. The van der Waals surface area contributed by atoms with Crippen molar-refractivity contribution in [2.45, 2.75) is 40.0 Å². The highest BCUT2D eigenvalue weighted by molar-refractivity contribution is 8.07. The lowest BCUT2D eigenvalue weighted by Gasteiger charge is -2.24. The number of rotatable bonds is 9. The summed E-state index contributed by atoms with van der Waals surface area (Å²) in [5.41, 5.74) is 2.97. The summed E-state index contributed by atoms with van der Waals surface area (Å²) in [4.78, 5) is 11.7. The van der Waals surface area contributed by atoms with E-state index in [9.17, 15) is 0 Å². The van der Waals surface area contributed by atoms with Gasteiger partial charge in [-0.05, 0) is 39.2 Å². The van der Waals surface area contributed by atoms with Crippen LogP contribution in [0.25, 0.3) is 0 Å². The Hall–Kier alpha value is -1.53. The first-order valence-corrected chi connectivity index (χ1v) is 12.4. The topological polar surface area (TPSA) is 56.7 Å². The molecule has 0 N–H and O–H groups in total. The van der Waals surface area contributed by atoms with Crippen molar-refractivity contribution >= 4 is 24.5 Å². The minimum atomic E-state index is -2.92. The fourth-order valence-corrected chi connectivity index (χ4v) is 5.22. The molecule has 1 aromatic heterocycles. The van der Waals surface area contributed by atoms with E-state index in [4.69, 9.17) is 35.3 Å². The van der Waals surface area contributed by atoms with Crippen LogP contribution >= 0.6 is 6.72 Å². The number of anilines is 1. The molecule has 0 saturated carbocycles. The third-order valence-corrected chi connectivity index (χ3v) is 6.95. The SMILES string of the molecule is CCOP(=S)(OCC)Oc1nc(N2CCCC2)nc(C)c1Cc1ccccc1. The number of aryl methyl sites for hydroxylation is 1. The molecule has 28 heavy (non-hydrogen) atoms. The van der Waals surface area contributed by atoms with E-state index in [-0.39, 0.29) is 0 Å². The van der Waals surface area contributed by atoms with Crippen LogP contribution in [0.2, 0.25) is 0 Å². The summed E-state index contributed by atoms with van der Waals surface area (Å²) in [6, 6.07) is 10.2. The summed E-state index contributed by atoms with van der Waals surface area (Å²) < 4.78 is 17.6. The van der Waals surface area contributed by atoms with E-state index in [0.29, 0.717) is 31.5 Å². The summed E-state index contributed by atoms with van der Waals surface area (Å²) >= 11 is 5.60. The van der Waals surface area contributed by atoms with Gasteiger partial charge < -0.3 is 9.42 Å². The molecule has 2 aromatic rings. The molecule has 1 aliphatic rings. The lowest BCUT2D eigenvalue weighted by molar-refractivity contribution is 0.215. The first-order valence-electron chi connectivity index (χ1n) is 9.79. The van der Waals surface area contributed by atoms with Crippen molar-refractivity contribution in [3.05, 3.63) is 47.2 Å². The van der Waals surface area contributed by atoms with Gasteiger partial charge in [0.15, 0.2) is 0 Å². The van der Waals surface area contributed by atoms with Gasteiger partial charge in [-0.3, -0.25) is 9.05 Å². The molecule has 0 aliphatic carbocycles. The molecule has 0 spiro atoms. The van der Waals surface area contributed by atoms with Crippen LogP contribution in [0.3, 0.4) is 0 Å². The molecule has 0 unspecified atom stereocenters. The smallest absolute Gasteiger partial charge is 0.381 e. The predicted octanol–water partition coefficient (Wildman–Crippen LogP) is 4.65. The van der Waals surface area contributed by atoms with Gasteiger partial charge in [0.25, 0.3) is 0 Å². The van der Waals surface area contributed by atoms with E-state index in [1.165, 1.54) is 0 Å². The quantitative estimate of drug-likeness (QED) is 0.546. The van der Waals surface area contributed by atoms with Crippen molar-refractivity contribution in [3.8, 4) is 5.88 Å². The summed E-state index contributed by atoms with van der Waals surface area (Å²) in [6.07, 6.45) is 2.97. The molecule has 6 nitrogen and oxygen atoms in total. The third kappa shape index (κ3) is 5.29. The first-order chi connectivity index (χ1) is 13.5. The molecule has 2 heterocycles. The number of hydrogen-bond acceptors (Lipinski definition) is 7. The Bertz CT molecular complexity index is 819. The fourth-order valence-electron chi connectivity index (χ4n) is 3.21. The molecule has 3 rings (SSSR count). The predicted molar refractivity (Wildman–Crippen MR) is 116 cm³/mol. The van der Waals surface area contributed by atoms with E-state index in [1.54, 1.807) is 0 Å². The molecule has 0 radical (unpaired) electrons. The molecule has 1 aromatic carbocycles. The van der Waals surface area contributed by atoms with Crippen molar-refractivity contribution in [1.82, 2.24) is 9.97 Å². The maximum atomic E-state index is 6.17. The Morgan fingerprint density at radius 1 is 1.04 bits per heavy atom. The van der Waals surface area contributed by atoms with Crippen molar-refractivity contribution in [3.63, 3.8) is 0 Å². The lowest BCUT2D eigenvalue weighted by atomic mass is 10.1. The highest BCUT2D eigenvalue weighted by Gasteiger charge is 2.27. The summed E-state index contributed by atoms with van der Waals surface area (Å²) in [5.74, 6) is 1.17. The summed E-state index contributed by atoms with van der Waals surface area (Å²) in [7, 11) is 0. The Kier molecular flexibility index (Phi) is 7.41. The van der Waals surface area contributed by atoms with Crippen LogP contribution in [-0.2, 0) is 27.3 Å². The number of aromatic nitrogens is 2. The molecular weight excluding hydrogens is 393 g/mol. The molecule has 1 fully saturated rings. The van der Waals surface area contributed by atoms with Gasteiger partial charge in [-0.2, -0.15) is 4.98 Å². The van der Waals surface area contributed by atoms with Crippen molar-refractivity contribution in [2.24, 2.45) is 0 Å². The van der Waals surface area contributed by atoms with Crippen LogP contribution < -0.4 is 9.42 Å². The van der Waals surface area contributed by atoms with Gasteiger partial charge in [-0.15, -0.1) is 0 Å². The molecule has 1 saturated heterocycles. The fraction of sp³-hybridized carbons (Fsp3) is 0.500. The van der Waals surface area contributed by atoms with Gasteiger partial charge in [-0.1, -0.05) is 30.3 Å². The van der Waals surface area contributed by atoms with E-state index >= 15 is 0 Å². The molecule has 1 aliphatic heterocycles. The Labute approximate surface area is 172 Å². The molecule has 152 valence electrons. The number of nitrogens with zero attached hydrogens (tertiary/aromatic N) is 3. The zero-order valence-corrected chi connectivity index (χ0v) is 18.5. The molecule has 8 heteroatoms. The van der Waals surface area contributed by atoms with Crippen LogP contribution in [0.1, 0.15) is 43.5 Å². The number of benzene rings is 1. The first kappa shape index (κ1) is 21.2. The second-order valence-corrected chi connectivity index (χ2v) is 9.56. The normalized spacial score (nSPS) is 14.5.